The lowest BCUT2D eigenvalue weighted by Gasteiger charge is -2.36. The van der Waals surface area contributed by atoms with E-state index >= 15 is 0 Å². The highest BCUT2D eigenvalue weighted by molar-refractivity contribution is 6.30. The molecule has 7 heteroatoms. The van der Waals surface area contributed by atoms with Crippen molar-refractivity contribution in [2.24, 2.45) is 0 Å². The summed E-state index contributed by atoms with van der Waals surface area (Å²) in [4.78, 5) is 25.1. The van der Waals surface area contributed by atoms with Crippen molar-refractivity contribution in [3.63, 3.8) is 0 Å². The molecule has 1 aromatic heterocycles. The maximum absolute atomic E-state index is 12.8. The Hall–Kier alpha value is -2.34. The van der Waals surface area contributed by atoms with Crippen molar-refractivity contribution in [2.75, 3.05) is 38.2 Å². The van der Waals surface area contributed by atoms with Crippen molar-refractivity contribution < 1.29 is 9.53 Å². The number of piperazine rings is 1. The fourth-order valence-electron chi connectivity index (χ4n) is 2.96. The summed E-state index contributed by atoms with van der Waals surface area (Å²) in [5.41, 5.74) is 0.945. The average Bonchev–Trinajstić information content (AvgIpc) is 2.67. The molecule has 1 saturated heterocycles. The van der Waals surface area contributed by atoms with Crippen LogP contribution in [-0.2, 0) is 4.79 Å². The molecule has 1 amide bonds. The highest BCUT2D eigenvalue weighted by Gasteiger charge is 2.26. The van der Waals surface area contributed by atoms with Crippen LogP contribution in [0.2, 0.25) is 5.02 Å². The standard InChI is InChI=1S/C18H21ClN4O2/c1-13(14-4-3-5-15(19)10-14)18(24)23-8-6-22(7-9-23)16-11-17(25-2)21-12-20-16/h3-5,10-13H,6-9H2,1-2H3. The molecule has 0 saturated carbocycles. The van der Waals surface area contributed by atoms with Gasteiger partial charge in [0.15, 0.2) is 0 Å². The lowest BCUT2D eigenvalue weighted by molar-refractivity contribution is -0.132. The number of hydrogen-bond acceptors (Lipinski definition) is 5. The second-order valence-corrected chi connectivity index (χ2v) is 6.44. The first-order chi connectivity index (χ1) is 12.1. The van der Waals surface area contributed by atoms with Crippen LogP contribution in [0.5, 0.6) is 5.88 Å². The summed E-state index contributed by atoms with van der Waals surface area (Å²) in [7, 11) is 1.58. The topological polar surface area (TPSA) is 58.6 Å². The molecule has 0 bridgehead atoms. The van der Waals surface area contributed by atoms with E-state index in [4.69, 9.17) is 16.3 Å². The summed E-state index contributed by atoms with van der Waals surface area (Å²) in [6, 6.07) is 9.30. The molecule has 25 heavy (non-hydrogen) atoms. The Morgan fingerprint density at radius 1 is 1.20 bits per heavy atom. The van der Waals surface area contributed by atoms with Crippen LogP contribution in [0.4, 0.5) is 5.82 Å². The van der Waals surface area contributed by atoms with Crippen molar-refractivity contribution in [3.05, 3.63) is 47.2 Å². The molecule has 2 aromatic rings. The molecule has 1 aliphatic heterocycles. The van der Waals surface area contributed by atoms with Gasteiger partial charge in [-0.05, 0) is 24.6 Å². The van der Waals surface area contributed by atoms with E-state index in [-0.39, 0.29) is 11.8 Å². The highest BCUT2D eigenvalue weighted by atomic mass is 35.5. The van der Waals surface area contributed by atoms with E-state index < -0.39 is 0 Å². The summed E-state index contributed by atoms with van der Waals surface area (Å²) < 4.78 is 5.14. The molecule has 1 atom stereocenters. The van der Waals surface area contributed by atoms with E-state index in [1.807, 2.05) is 42.2 Å². The number of methoxy groups -OCH3 is 1. The van der Waals surface area contributed by atoms with Gasteiger partial charge in [0.05, 0.1) is 13.0 Å². The Morgan fingerprint density at radius 2 is 1.96 bits per heavy atom. The molecule has 2 heterocycles. The Balaban J connectivity index is 1.62. The van der Waals surface area contributed by atoms with Crippen molar-refractivity contribution >= 4 is 23.3 Å². The Labute approximate surface area is 152 Å². The molecule has 1 aromatic carbocycles. The number of aromatic nitrogens is 2. The van der Waals surface area contributed by atoms with Gasteiger partial charge in [0.2, 0.25) is 11.8 Å². The van der Waals surface area contributed by atoms with E-state index in [0.29, 0.717) is 24.0 Å². The van der Waals surface area contributed by atoms with Crippen LogP contribution in [0.1, 0.15) is 18.4 Å². The van der Waals surface area contributed by atoms with Crippen LogP contribution in [0, 0.1) is 0 Å². The number of halogens is 1. The van der Waals surface area contributed by atoms with Crippen LogP contribution in [-0.4, -0.2) is 54.1 Å². The number of anilines is 1. The Kier molecular flexibility index (Phi) is 5.38. The van der Waals surface area contributed by atoms with Gasteiger partial charge < -0.3 is 14.5 Å². The minimum absolute atomic E-state index is 0.127. The number of amides is 1. The van der Waals surface area contributed by atoms with Gasteiger partial charge in [0.1, 0.15) is 12.1 Å². The second-order valence-electron chi connectivity index (χ2n) is 6.01. The first-order valence-corrected chi connectivity index (χ1v) is 8.61. The molecule has 0 radical (unpaired) electrons. The van der Waals surface area contributed by atoms with Crippen LogP contribution in [0.25, 0.3) is 0 Å². The van der Waals surface area contributed by atoms with Crippen molar-refractivity contribution in [3.8, 4) is 5.88 Å². The predicted octanol–water partition coefficient (Wildman–Crippen LogP) is 2.59. The molecule has 0 spiro atoms. The van der Waals surface area contributed by atoms with Crippen LogP contribution in [0.3, 0.4) is 0 Å². The van der Waals surface area contributed by atoms with E-state index in [9.17, 15) is 4.79 Å². The van der Waals surface area contributed by atoms with Gasteiger partial charge in [0.25, 0.3) is 0 Å². The lowest BCUT2D eigenvalue weighted by atomic mass is 9.99. The smallest absolute Gasteiger partial charge is 0.229 e. The number of benzene rings is 1. The zero-order chi connectivity index (χ0) is 17.8. The van der Waals surface area contributed by atoms with Gasteiger partial charge in [0, 0.05) is 37.3 Å². The van der Waals surface area contributed by atoms with E-state index in [0.717, 1.165) is 24.5 Å². The molecule has 1 fully saturated rings. The molecular weight excluding hydrogens is 340 g/mol. The molecule has 1 aliphatic rings. The van der Waals surface area contributed by atoms with Gasteiger partial charge in [-0.3, -0.25) is 4.79 Å². The van der Waals surface area contributed by atoms with Gasteiger partial charge >= 0.3 is 0 Å². The molecule has 0 N–H and O–H groups in total. The SMILES string of the molecule is COc1cc(N2CCN(C(=O)C(C)c3cccc(Cl)c3)CC2)ncn1. The summed E-state index contributed by atoms with van der Waals surface area (Å²) in [5.74, 6) is 1.28. The highest BCUT2D eigenvalue weighted by Crippen LogP contribution is 2.23. The first-order valence-electron chi connectivity index (χ1n) is 8.23. The Bertz CT molecular complexity index is 747. The molecule has 3 rings (SSSR count). The third-order valence-electron chi connectivity index (χ3n) is 4.47. The van der Waals surface area contributed by atoms with Crippen molar-refractivity contribution in [2.45, 2.75) is 12.8 Å². The molecule has 1 unspecified atom stereocenters. The maximum Gasteiger partial charge on any atom is 0.229 e. The summed E-state index contributed by atoms with van der Waals surface area (Å²) in [6.45, 7) is 4.71. The summed E-state index contributed by atoms with van der Waals surface area (Å²) in [6.07, 6.45) is 1.49. The van der Waals surface area contributed by atoms with E-state index in [1.54, 1.807) is 7.11 Å². The number of rotatable bonds is 4. The number of ether oxygens (including phenoxy) is 1. The normalized spacial score (nSPS) is 15.8. The van der Waals surface area contributed by atoms with Gasteiger partial charge in [-0.25, -0.2) is 9.97 Å². The fourth-order valence-corrected chi connectivity index (χ4v) is 3.16. The number of carbonyl (C=O) groups is 1. The quantitative estimate of drug-likeness (QED) is 0.838. The van der Waals surface area contributed by atoms with Gasteiger partial charge in [-0.2, -0.15) is 0 Å². The van der Waals surface area contributed by atoms with Gasteiger partial charge in [-0.1, -0.05) is 23.7 Å². The maximum atomic E-state index is 12.8. The predicted molar refractivity (Wildman–Crippen MR) is 97.2 cm³/mol. The largest absolute Gasteiger partial charge is 0.481 e. The fraction of sp³-hybridized carbons (Fsp3) is 0.389. The monoisotopic (exact) mass is 360 g/mol. The van der Waals surface area contributed by atoms with Gasteiger partial charge in [-0.15, -0.1) is 0 Å². The van der Waals surface area contributed by atoms with E-state index in [2.05, 4.69) is 14.9 Å². The van der Waals surface area contributed by atoms with Crippen molar-refractivity contribution in [1.29, 1.82) is 0 Å². The average molecular weight is 361 g/mol. The van der Waals surface area contributed by atoms with E-state index in [1.165, 1.54) is 6.33 Å². The third-order valence-corrected chi connectivity index (χ3v) is 4.71. The number of hydrogen-bond donors (Lipinski definition) is 0. The number of nitrogens with zero attached hydrogens (tertiary/aromatic N) is 4. The number of carbonyl (C=O) groups excluding carboxylic acids is 1. The molecule has 6 nitrogen and oxygen atoms in total. The second kappa shape index (κ2) is 7.70. The van der Waals surface area contributed by atoms with Crippen molar-refractivity contribution in [1.82, 2.24) is 14.9 Å². The van der Waals surface area contributed by atoms with Crippen LogP contribution in [0.15, 0.2) is 36.7 Å². The third kappa shape index (κ3) is 4.02. The lowest BCUT2D eigenvalue weighted by Crippen LogP contribution is -2.50. The summed E-state index contributed by atoms with van der Waals surface area (Å²) >= 11 is 6.04. The van der Waals surface area contributed by atoms with Crippen LogP contribution >= 0.6 is 11.6 Å². The molecular formula is C18H21ClN4O2. The minimum Gasteiger partial charge on any atom is -0.481 e. The zero-order valence-corrected chi connectivity index (χ0v) is 15.1. The minimum atomic E-state index is -0.204. The summed E-state index contributed by atoms with van der Waals surface area (Å²) in [5, 5.41) is 0.652. The van der Waals surface area contributed by atoms with Crippen LogP contribution < -0.4 is 9.64 Å². The first kappa shape index (κ1) is 17.5. The molecule has 132 valence electrons. The zero-order valence-electron chi connectivity index (χ0n) is 14.4. The molecule has 0 aliphatic carbocycles. The Morgan fingerprint density at radius 3 is 2.64 bits per heavy atom.